The summed E-state index contributed by atoms with van der Waals surface area (Å²) in [6.45, 7) is 0. The van der Waals surface area contributed by atoms with Gasteiger partial charge in [0.1, 0.15) is 0 Å². The van der Waals surface area contributed by atoms with Crippen LogP contribution in [0.3, 0.4) is 0 Å². The van der Waals surface area contributed by atoms with Gasteiger partial charge in [-0.3, -0.25) is 5.28 Å². The van der Waals surface area contributed by atoms with Gasteiger partial charge in [0, 0.05) is 14.1 Å². The predicted molar refractivity (Wildman–Crippen MR) is 24.7 cm³/mol. The molecule has 0 aromatic heterocycles. The van der Waals surface area contributed by atoms with Gasteiger partial charge in [-0.15, -0.1) is 4.91 Å². The van der Waals surface area contributed by atoms with Gasteiger partial charge in [-0.2, -0.15) is 0 Å². The molecular weight excluding hydrogens is 98.0 g/mol. The summed E-state index contributed by atoms with van der Waals surface area (Å²) in [5.41, 5.74) is 0. The first-order chi connectivity index (χ1) is 3.18. The summed E-state index contributed by atoms with van der Waals surface area (Å²) in [5.74, 6) is 0. The molecule has 0 rings (SSSR count). The third-order valence-corrected chi connectivity index (χ3v) is 0.412. The average molecular weight is 104 g/mol. The zero-order chi connectivity index (χ0) is 5.86. The fourth-order valence-electron chi connectivity index (χ4n) is 0.0730. The van der Waals surface area contributed by atoms with E-state index in [1.54, 1.807) is 0 Å². The molecule has 0 N–H and O–H groups in total. The molecule has 0 aliphatic heterocycles. The monoisotopic (exact) mass is 104 g/mol. The topological polar surface area (TPSA) is 59.0 Å². The van der Waals surface area contributed by atoms with Crippen LogP contribution in [0.25, 0.3) is 0 Å². The van der Waals surface area contributed by atoms with E-state index in [0.29, 0.717) is 0 Å². The summed E-state index contributed by atoms with van der Waals surface area (Å²) >= 11 is 0. The van der Waals surface area contributed by atoms with Crippen molar-refractivity contribution in [1.29, 1.82) is 0 Å². The zero-order valence-corrected chi connectivity index (χ0v) is 4.16. The summed E-state index contributed by atoms with van der Waals surface area (Å²) in [6, 6.07) is 0. The van der Waals surface area contributed by atoms with Crippen LogP contribution < -0.4 is 0 Å². The second kappa shape index (κ2) is 2.49. The van der Waals surface area contributed by atoms with Crippen LogP contribution >= 0.6 is 0 Å². The van der Waals surface area contributed by atoms with Crippen LogP contribution in [-0.2, 0) is 0 Å². The maximum absolute atomic E-state index is 9.88. The molecule has 0 saturated carbocycles. The molecule has 0 radical (unpaired) electrons. The van der Waals surface area contributed by atoms with Crippen LogP contribution in [0.1, 0.15) is 0 Å². The minimum absolute atomic E-state index is 0.0556. The Morgan fingerprint density at radius 3 is 2.00 bits per heavy atom. The van der Waals surface area contributed by atoms with E-state index in [2.05, 4.69) is 0 Å². The fourth-order valence-corrected chi connectivity index (χ4v) is 0.0730. The molecule has 0 bridgehead atoms. The van der Waals surface area contributed by atoms with Crippen LogP contribution in [-0.4, -0.2) is 24.4 Å². The highest BCUT2D eigenvalue weighted by Crippen LogP contribution is 1.83. The smallest absolute Gasteiger partial charge is 0.0578 e. The fraction of sp³-hybridized carbons (Fsp3) is 1.00. The second-order valence-electron chi connectivity index (χ2n) is 1.18. The zero-order valence-electron chi connectivity index (χ0n) is 4.16. The van der Waals surface area contributed by atoms with Crippen LogP contribution in [0.2, 0.25) is 0 Å². The van der Waals surface area contributed by atoms with Crippen molar-refractivity contribution < 1.29 is 0 Å². The molecule has 0 heterocycles. The lowest BCUT2D eigenvalue weighted by Crippen LogP contribution is -2.25. The van der Waals surface area contributed by atoms with Gasteiger partial charge in [-0.1, -0.05) is 0 Å². The highest BCUT2D eigenvalue weighted by atomic mass is 16.6. The minimum atomic E-state index is -0.0556. The second-order valence-corrected chi connectivity index (χ2v) is 1.18. The van der Waals surface area contributed by atoms with E-state index < -0.39 is 0 Å². The summed E-state index contributed by atoms with van der Waals surface area (Å²) < 4.78 is 0. The molecule has 0 fully saturated rings. The van der Waals surface area contributed by atoms with Gasteiger partial charge < -0.3 is 5.21 Å². The third kappa shape index (κ3) is 2.07. The van der Waals surface area contributed by atoms with E-state index in [1.807, 2.05) is 5.29 Å². The largest absolute Gasteiger partial charge is 0.724 e. The van der Waals surface area contributed by atoms with E-state index in [4.69, 9.17) is 0 Å². The molecule has 0 saturated heterocycles. The number of hydrogen-bond donors (Lipinski definition) is 0. The Morgan fingerprint density at radius 1 is 1.57 bits per heavy atom. The highest BCUT2D eigenvalue weighted by molar-refractivity contribution is 4.36. The third-order valence-electron chi connectivity index (χ3n) is 0.412. The van der Waals surface area contributed by atoms with E-state index >= 15 is 0 Å². The lowest BCUT2D eigenvalue weighted by Gasteiger charge is -2.25. The normalized spacial score (nSPS) is 9.14. The van der Waals surface area contributed by atoms with Gasteiger partial charge in [-0.25, -0.2) is 5.01 Å². The van der Waals surface area contributed by atoms with E-state index in [0.717, 1.165) is 5.01 Å². The van der Waals surface area contributed by atoms with E-state index in [1.165, 1.54) is 14.1 Å². The molecule has 5 nitrogen and oxygen atoms in total. The first kappa shape index (κ1) is 6.32. The molecule has 7 heavy (non-hydrogen) atoms. The van der Waals surface area contributed by atoms with E-state index in [9.17, 15) is 10.1 Å². The lowest BCUT2D eigenvalue weighted by molar-refractivity contribution is 0.0849. The summed E-state index contributed by atoms with van der Waals surface area (Å²) in [7, 11) is 2.85. The average Bonchev–Trinajstić information content (AvgIpc) is 1.65. The van der Waals surface area contributed by atoms with Gasteiger partial charge in [0.2, 0.25) is 0 Å². The molecule has 0 amide bonds. The molecule has 0 atom stereocenters. The van der Waals surface area contributed by atoms with Crippen LogP contribution in [0.15, 0.2) is 5.29 Å². The predicted octanol–water partition coefficient (Wildman–Crippen LogP) is -0.0558. The first-order valence-electron chi connectivity index (χ1n) is 1.66. The van der Waals surface area contributed by atoms with Gasteiger partial charge in [0.15, 0.2) is 0 Å². The van der Waals surface area contributed by atoms with Crippen LogP contribution in [0, 0.1) is 10.1 Å². The maximum atomic E-state index is 9.88. The van der Waals surface area contributed by atoms with Gasteiger partial charge in [0.05, 0.1) is 5.29 Å². The maximum Gasteiger partial charge on any atom is 0.0578 e. The molecule has 0 unspecified atom stereocenters. The van der Waals surface area contributed by atoms with Crippen LogP contribution in [0.4, 0.5) is 0 Å². The number of hydrogen-bond acceptors (Lipinski definition) is 4. The Kier molecular flexibility index (Phi) is 2.24. The number of nitroso groups, excluding NO2 is 1. The Morgan fingerprint density at radius 2 is 2.00 bits per heavy atom. The quantitative estimate of drug-likeness (QED) is 0.364. The molecule has 42 valence electrons. The van der Waals surface area contributed by atoms with Gasteiger partial charge >= 0.3 is 0 Å². The summed E-state index contributed by atoms with van der Waals surface area (Å²) in [5, 5.41) is 12.9. The molecule has 0 aromatic carbocycles. The molecule has 0 aliphatic carbocycles. The van der Waals surface area contributed by atoms with Crippen molar-refractivity contribution >= 4 is 0 Å². The lowest BCUT2D eigenvalue weighted by atomic mass is 11.2. The SMILES string of the molecule is CN(C)N([O-])N=O. The number of rotatable bonds is 2. The van der Waals surface area contributed by atoms with Crippen LogP contribution in [0.5, 0.6) is 0 Å². The minimum Gasteiger partial charge on any atom is -0.724 e. The first-order valence-corrected chi connectivity index (χ1v) is 1.66. The molecule has 0 aromatic rings. The van der Waals surface area contributed by atoms with Crippen molar-refractivity contribution in [1.82, 2.24) is 10.3 Å². The Balaban J connectivity index is 3.33. The van der Waals surface area contributed by atoms with Crippen molar-refractivity contribution in [3.05, 3.63) is 10.1 Å². The van der Waals surface area contributed by atoms with Crippen molar-refractivity contribution in [2.75, 3.05) is 14.1 Å². The molecular formula is C2H6N3O2-. The van der Waals surface area contributed by atoms with Crippen molar-refractivity contribution in [2.24, 2.45) is 5.29 Å². The Labute approximate surface area is 41.0 Å². The van der Waals surface area contributed by atoms with Crippen molar-refractivity contribution in [3.63, 3.8) is 0 Å². The molecule has 5 heteroatoms. The van der Waals surface area contributed by atoms with E-state index in [-0.39, 0.29) is 5.28 Å². The molecule has 0 spiro atoms. The summed E-state index contributed by atoms with van der Waals surface area (Å²) in [4.78, 5) is 9.27. The molecule has 0 aliphatic rings. The van der Waals surface area contributed by atoms with Crippen molar-refractivity contribution in [2.45, 2.75) is 0 Å². The Bertz CT molecular complexity index is 64.0. The number of nitrogens with zero attached hydrogens (tertiary/aromatic N) is 3. The van der Waals surface area contributed by atoms with Gasteiger partial charge in [-0.05, 0) is 0 Å². The van der Waals surface area contributed by atoms with Crippen molar-refractivity contribution in [3.8, 4) is 0 Å². The Hall–Kier alpha value is -0.680. The highest BCUT2D eigenvalue weighted by Gasteiger charge is 1.84. The van der Waals surface area contributed by atoms with Gasteiger partial charge in [0.25, 0.3) is 0 Å². The summed E-state index contributed by atoms with van der Waals surface area (Å²) in [6.07, 6.45) is 0. The standard InChI is InChI=1S/C2H6N3O2/c1-4(2)5(7)3-6/h1-2H3/q-1. The number of hydrazine groups is 1.